The number of rotatable bonds is 3. The Morgan fingerprint density at radius 3 is 2.43 bits per heavy atom. The molecule has 0 bridgehead atoms. The summed E-state index contributed by atoms with van der Waals surface area (Å²) >= 11 is 0. The highest BCUT2D eigenvalue weighted by atomic mass is 16.4. The van der Waals surface area contributed by atoms with Crippen LogP contribution >= 0.6 is 0 Å². The van der Waals surface area contributed by atoms with Gasteiger partial charge in [-0.15, -0.1) is 0 Å². The SMILES string of the molecule is CC(C)(CN1CCCC1(C)C)C(=O)O. The van der Waals surface area contributed by atoms with Gasteiger partial charge in [-0.3, -0.25) is 9.69 Å². The van der Waals surface area contributed by atoms with Gasteiger partial charge < -0.3 is 5.11 Å². The lowest BCUT2D eigenvalue weighted by molar-refractivity contribution is -0.148. The molecule has 0 spiro atoms. The highest BCUT2D eigenvalue weighted by molar-refractivity contribution is 5.73. The molecule has 82 valence electrons. The summed E-state index contributed by atoms with van der Waals surface area (Å²) in [6.45, 7) is 9.66. The molecule has 0 radical (unpaired) electrons. The Hall–Kier alpha value is -0.570. The highest BCUT2D eigenvalue weighted by Crippen LogP contribution is 2.31. The van der Waals surface area contributed by atoms with Crippen molar-refractivity contribution >= 4 is 5.97 Å². The Balaban J connectivity index is 2.65. The molecule has 1 fully saturated rings. The molecule has 1 rings (SSSR count). The Morgan fingerprint density at radius 1 is 1.50 bits per heavy atom. The maximum Gasteiger partial charge on any atom is 0.310 e. The van der Waals surface area contributed by atoms with E-state index in [-0.39, 0.29) is 5.54 Å². The molecule has 0 aromatic heterocycles. The van der Waals surface area contributed by atoms with Crippen molar-refractivity contribution in [3.05, 3.63) is 0 Å². The zero-order valence-electron chi connectivity index (χ0n) is 9.63. The molecule has 0 amide bonds. The Labute approximate surface area is 86.1 Å². The monoisotopic (exact) mass is 199 g/mol. The van der Waals surface area contributed by atoms with E-state index in [0.717, 1.165) is 6.54 Å². The fraction of sp³-hybridized carbons (Fsp3) is 0.909. The molecule has 1 N–H and O–H groups in total. The second kappa shape index (κ2) is 3.54. The Morgan fingerprint density at radius 2 is 2.07 bits per heavy atom. The topological polar surface area (TPSA) is 40.5 Å². The van der Waals surface area contributed by atoms with Crippen molar-refractivity contribution in [2.24, 2.45) is 5.41 Å². The van der Waals surface area contributed by atoms with E-state index in [2.05, 4.69) is 18.7 Å². The molecule has 1 aliphatic rings. The molecule has 3 nitrogen and oxygen atoms in total. The predicted molar refractivity (Wildman–Crippen MR) is 56.3 cm³/mol. The first-order valence-corrected chi connectivity index (χ1v) is 5.24. The molecule has 3 heteroatoms. The van der Waals surface area contributed by atoms with Crippen LogP contribution in [0.5, 0.6) is 0 Å². The minimum Gasteiger partial charge on any atom is -0.481 e. The average molecular weight is 199 g/mol. The zero-order chi connectivity index (χ0) is 11.0. The van der Waals surface area contributed by atoms with Gasteiger partial charge in [-0.25, -0.2) is 0 Å². The van der Waals surface area contributed by atoms with Gasteiger partial charge >= 0.3 is 5.97 Å². The van der Waals surface area contributed by atoms with Crippen LogP contribution in [-0.2, 0) is 4.79 Å². The molecule has 0 atom stereocenters. The van der Waals surface area contributed by atoms with Crippen molar-refractivity contribution in [2.75, 3.05) is 13.1 Å². The summed E-state index contributed by atoms with van der Waals surface area (Å²) in [5.74, 6) is -0.708. The number of aliphatic carboxylic acids is 1. The van der Waals surface area contributed by atoms with Crippen molar-refractivity contribution < 1.29 is 9.90 Å². The first kappa shape index (κ1) is 11.5. The van der Waals surface area contributed by atoms with Gasteiger partial charge in [0.25, 0.3) is 0 Å². The third-order valence-corrected chi connectivity index (χ3v) is 3.24. The van der Waals surface area contributed by atoms with Crippen LogP contribution in [0.3, 0.4) is 0 Å². The van der Waals surface area contributed by atoms with Crippen LogP contribution in [0, 0.1) is 5.41 Å². The molecular weight excluding hydrogens is 178 g/mol. The number of nitrogens with zero attached hydrogens (tertiary/aromatic N) is 1. The van der Waals surface area contributed by atoms with Gasteiger partial charge in [0.05, 0.1) is 5.41 Å². The fourth-order valence-electron chi connectivity index (χ4n) is 2.00. The Bertz CT molecular complexity index is 233. The smallest absolute Gasteiger partial charge is 0.310 e. The molecule has 1 aliphatic heterocycles. The maximum atomic E-state index is 11.0. The lowest BCUT2D eigenvalue weighted by atomic mass is 9.91. The summed E-state index contributed by atoms with van der Waals surface area (Å²) in [6.07, 6.45) is 2.35. The molecule has 14 heavy (non-hydrogen) atoms. The first-order valence-electron chi connectivity index (χ1n) is 5.24. The summed E-state index contributed by atoms with van der Waals surface area (Å²) in [5.41, 5.74) is -0.464. The number of likely N-dealkylation sites (tertiary alicyclic amines) is 1. The highest BCUT2D eigenvalue weighted by Gasteiger charge is 2.38. The van der Waals surface area contributed by atoms with E-state index in [1.807, 2.05) is 0 Å². The van der Waals surface area contributed by atoms with Gasteiger partial charge in [0.2, 0.25) is 0 Å². The van der Waals surface area contributed by atoms with E-state index in [9.17, 15) is 4.79 Å². The molecular formula is C11H21NO2. The summed E-state index contributed by atoms with van der Waals surface area (Å²) < 4.78 is 0. The van der Waals surface area contributed by atoms with Gasteiger partial charge in [-0.1, -0.05) is 0 Å². The van der Waals surface area contributed by atoms with Gasteiger partial charge in [0, 0.05) is 12.1 Å². The van der Waals surface area contributed by atoms with Crippen molar-refractivity contribution in [3.8, 4) is 0 Å². The van der Waals surface area contributed by atoms with Crippen molar-refractivity contribution in [3.63, 3.8) is 0 Å². The number of carboxylic acids is 1. The van der Waals surface area contributed by atoms with Crippen LogP contribution in [0.1, 0.15) is 40.5 Å². The second-order valence-corrected chi connectivity index (χ2v) is 5.53. The van der Waals surface area contributed by atoms with Gasteiger partial charge in [-0.05, 0) is 47.1 Å². The van der Waals surface area contributed by atoms with Crippen LogP contribution in [0.2, 0.25) is 0 Å². The van der Waals surface area contributed by atoms with Crippen molar-refractivity contribution in [1.29, 1.82) is 0 Å². The molecule has 1 heterocycles. The van der Waals surface area contributed by atoms with Crippen LogP contribution in [0.15, 0.2) is 0 Å². The summed E-state index contributed by atoms with van der Waals surface area (Å²) in [4.78, 5) is 13.3. The normalized spacial score (nSPS) is 22.6. The summed E-state index contributed by atoms with van der Waals surface area (Å²) in [5, 5.41) is 9.05. The number of hydrogen-bond acceptors (Lipinski definition) is 2. The third kappa shape index (κ3) is 2.27. The summed E-state index contributed by atoms with van der Waals surface area (Å²) in [7, 11) is 0. The van der Waals surface area contributed by atoms with Crippen LogP contribution in [0.4, 0.5) is 0 Å². The lowest BCUT2D eigenvalue weighted by Crippen LogP contribution is -2.46. The molecule has 0 aliphatic carbocycles. The number of carboxylic acid groups (broad SMARTS) is 1. The van der Waals surface area contributed by atoms with E-state index in [1.165, 1.54) is 12.8 Å². The number of hydrogen-bond donors (Lipinski definition) is 1. The molecule has 0 unspecified atom stereocenters. The number of carbonyl (C=O) groups is 1. The molecule has 0 aromatic rings. The van der Waals surface area contributed by atoms with Crippen LogP contribution < -0.4 is 0 Å². The standard InChI is InChI=1S/C11H21NO2/c1-10(2,9(13)14)8-12-7-5-6-11(12,3)4/h5-8H2,1-4H3,(H,13,14). The van der Waals surface area contributed by atoms with Crippen molar-refractivity contribution in [1.82, 2.24) is 4.90 Å². The minimum absolute atomic E-state index is 0.173. The van der Waals surface area contributed by atoms with E-state index < -0.39 is 11.4 Å². The third-order valence-electron chi connectivity index (χ3n) is 3.24. The van der Waals surface area contributed by atoms with Gasteiger partial charge in [-0.2, -0.15) is 0 Å². The first-order chi connectivity index (χ1) is 6.26. The van der Waals surface area contributed by atoms with Gasteiger partial charge in [0.1, 0.15) is 0 Å². The molecule has 0 saturated carbocycles. The maximum absolute atomic E-state index is 11.0. The van der Waals surface area contributed by atoms with E-state index in [4.69, 9.17) is 5.11 Å². The van der Waals surface area contributed by atoms with Crippen LogP contribution in [0.25, 0.3) is 0 Å². The van der Waals surface area contributed by atoms with E-state index in [1.54, 1.807) is 13.8 Å². The average Bonchev–Trinajstić information content (AvgIpc) is 2.30. The molecule has 1 saturated heterocycles. The largest absolute Gasteiger partial charge is 0.481 e. The lowest BCUT2D eigenvalue weighted by Gasteiger charge is -2.36. The van der Waals surface area contributed by atoms with E-state index >= 15 is 0 Å². The zero-order valence-corrected chi connectivity index (χ0v) is 9.63. The second-order valence-electron chi connectivity index (χ2n) is 5.53. The quantitative estimate of drug-likeness (QED) is 0.755. The van der Waals surface area contributed by atoms with Crippen molar-refractivity contribution in [2.45, 2.75) is 46.1 Å². The Kier molecular flexibility index (Phi) is 2.91. The van der Waals surface area contributed by atoms with E-state index in [0.29, 0.717) is 6.54 Å². The van der Waals surface area contributed by atoms with Crippen LogP contribution in [-0.4, -0.2) is 34.6 Å². The summed E-state index contributed by atoms with van der Waals surface area (Å²) in [6, 6.07) is 0. The minimum atomic E-state index is -0.708. The fourth-order valence-corrected chi connectivity index (χ4v) is 2.00. The predicted octanol–water partition coefficient (Wildman–Crippen LogP) is 1.97. The molecule has 0 aromatic carbocycles. The van der Waals surface area contributed by atoms with Gasteiger partial charge in [0.15, 0.2) is 0 Å².